The Hall–Kier alpha value is -1.82. The zero-order valence-electron chi connectivity index (χ0n) is 15.2. The van der Waals surface area contributed by atoms with Crippen LogP contribution < -0.4 is 5.32 Å². The molecule has 25 heavy (non-hydrogen) atoms. The summed E-state index contributed by atoms with van der Waals surface area (Å²) in [5.74, 6) is 1.86. The van der Waals surface area contributed by atoms with Crippen LogP contribution >= 0.6 is 11.8 Å². The van der Waals surface area contributed by atoms with Crippen LogP contribution in [-0.4, -0.2) is 32.5 Å². The fraction of sp³-hybridized carbons (Fsp3) is 0.526. The Kier molecular flexibility index (Phi) is 5.78. The van der Waals surface area contributed by atoms with Crippen molar-refractivity contribution < 1.29 is 4.79 Å². The van der Waals surface area contributed by atoms with Crippen LogP contribution in [0, 0.1) is 12.8 Å². The number of hydrogen-bond donors (Lipinski definition) is 1. The third kappa shape index (κ3) is 4.42. The molecule has 1 heterocycles. The Morgan fingerprint density at radius 3 is 2.68 bits per heavy atom. The minimum absolute atomic E-state index is 0.0867. The summed E-state index contributed by atoms with van der Waals surface area (Å²) in [6, 6.07) is 8.55. The van der Waals surface area contributed by atoms with Crippen molar-refractivity contribution in [1.29, 1.82) is 0 Å². The number of nitrogens with zero attached hydrogens (tertiary/aromatic N) is 3. The number of amides is 1. The van der Waals surface area contributed by atoms with Crippen LogP contribution in [0.15, 0.2) is 29.4 Å². The first-order valence-electron chi connectivity index (χ1n) is 8.93. The Labute approximate surface area is 153 Å². The molecule has 1 saturated carbocycles. The first-order chi connectivity index (χ1) is 12.0. The molecule has 1 aromatic heterocycles. The topological polar surface area (TPSA) is 59.8 Å². The van der Waals surface area contributed by atoms with E-state index in [9.17, 15) is 4.79 Å². The summed E-state index contributed by atoms with van der Waals surface area (Å²) in [6.07, 6.45) is 4.80. The third-order valence-electron chi connectivity index (χ3n) is 4.93. The van der Waals surface area contributed by atoms with E-state index in [0.29, 0.717) is 17.7 Å². The molecule has 2 atom stereocenters. The molecule has 5 nitrogen and oxygen atoms in total. The molecule has 0 radical (unpaired) electrons. The standard InChI is InChI=1S/C19H26N4OS/c1-13-8-10-15(11-9-13)18-21-22-19(23(18)3)25-12-17(24)20-16-7-5-4-6-14(16)2/h8-11,14,16H,4-7,12H2,1-3H3,(H,20,24)/t14-,16-/m0/s1. The smallest absolute Gasteiger partial charge is 0.230 e. The average Bonchev–Trinajstić information content (AvgIpc) is 2.97. The highest BCUT2D eigenvalue weighted by atomic mass is 32.2. The number of rotatable bonds is 5. The van der Waals surface area contributed by atoms with Gasteiger partial charge >= 0.3 is 0 Å². The van der Waals surface area contributed by atoms with Crippen LogP contribution in [0.3, 0.4) is 0 Å². The van der Waals surface area contributed by atoms with Crippen molar-refractivity contribution in [3.63, 3.8) is 0 Å². The van der Waals surface area contributed by atoms with Gasteiger partial charge in [0.25, 0.3) is 0 Å². The fourth-order valence-electron chi connectivity index (χ4n) is 3.30. The van der Waals surface area contributed by atoms with Gasteiger partial charge in [-0.2, -0.15) is 0 Å². The van der Waals surface area contributed by atoms with E-state index in [0.717, 1.165) is 23.0 Å². The van der Waals surface area contributed by atoms with E-state index in [1.54, 1.807) is 0 Å². The van der Waals surface area contributed by atoms with Crippen molar-refractivity contribution in [3.05, 3.63) is 29.8 Å². The third-order valence-corrected chi connectivity index (χ3v) is 5.96. The average molecular weight is 359 g/mol. The van der Waals surface area contributed by atoms with Gasteiger partial charge in [-0.15, -0.1) is 10.2 Å². The van der Waals surface area contributed by atoms with Crippen LogP contribution in [-0.2, 0) is 11.8 Å². The molecule has 2 aromatic rings. The quantitative estimate of drug-likeness (QED) is 0.830. The van der Waals surface area contributed by atoms with Crippen molar-refractivity contribution in [3.8, 4) is 11.4 Å². The van der Waals surface area contributed by atoms with Crippen molar-refractivity contribution in [2.75, 3.05) is 5.75 Å². The van der Waals surface area contributed by atoms with Gasteiger partial charge in [0.05, 0.1) is 5.75 Å². The summed E-state index contributed by atoms with van der Waals surface area (Å²) >= 11 is 1.44. The molecule has 0 unspecified atom stereocenters. The number of aryl methyl sites for hydroxylation is 1. The molecule has 0 spiro atoms. The minimum Gasteiger partial charge on any atom is -0.352 e. The molecule has 134 valence electrons. The van der Waals surface area contributed by atoms with Gasteiger partial charge < -0.3 is 9.88 Å². The van der Waals surface area contributed by atoms with E-state index in [-0.39, 0.29) is 5.91 Å². The lowest BCUT2D eigenvalue weighted by molar-refractivity contribution is -0.119. The van der Waals surface area contributed by atoms with Crippen LogP contribution in [0.4, 0.5) is 0 Å². The van der Waals surface area contributed by atoms with Crippen molar-refractivity contribution in [2.24, 2.45) is 13.0 Å². The van der Waals surface area contributed by atoms with Gasteiger partial charge in [-0.1, -0.05) is 61.4 Å². The highest BCUT2D eigenvalue weighted by Crippen LogP contribution is 2.25. The fourth-order valence-corrected chi connectivity index (χ4v) is 4.03. The first-order valence-corrected chi connectivity index (χ1v) is 9.91. The van der Waals surface area contributed by atoms with E-state index < -0.39 is 0 Å². The zero-order chi connectivity index (χ0) is 17.8. The number of thioether (sulfide) groups is 1. The molecule has 0 aliphatic heterocycles. The summed E-state index contributed by atoms with van der Waals surface area (Å²) in [6.45, 7) is 4.29. The van der Waals surface area contributed by atoms with Crippen molar-refractivity contribution in [1.82, 2.24) is 20.1 Å². The van der Waals surface area contributed by atoms with Gasteiger partial charge in [-0.25, -0.2) is 0 Å². The zero-order valence-corrected chi connectivity index (χ0v) is 16.0. The molecule has 6 heteroatoms. The van der Waals surface area contributed by atoms with E-state index in [1.165, 1.54) is 36.6 Å². The molecule has 1 amide bonds. The number of hydrogen-bond acceptors (Lipinski definition) is 4. The van der Waals surface area contributed by atoms with Crippen LogP contribution in [0.25, 0.3) is 11.4 Å². The molecule has 1 aliphatic rings. The monoisotopic (exact) mass is 358 g/mol. The molecule has 1 N–H and O–H groups in total. The van der Waals surface area contributed by atoms with E-state index >= 15 is 0 Å². The summed E-state index contributed by atoms with van der Waals surface area (Å²) < 4.78 is 1.95. The molecule has 0 bridgehead atoms. The van der Waals surface area contributed by atoms with Crippen LogP contribution in [0.1, 0.15) is 38.2 Å². The molecule has 1 aromatic carbocycles. The van der Waals surface area contributed by atoms with Gasteiger partial charge in [-0.05, 0) is 25.7 Å². The lowest BCUT2D eigenvalue weighted by atomic mass is 9.86. The molecule has 1 fully saturated rings. The molecule has 1 aliphatic carbocycles. The second kappa shape index (κ2) is 8.04. The Bertz CT molecular complexity index is 726. The molecule has 0 saturated heterocycles. The molecular weight excluding hydrogens is 332 g/mol. The number of carbonyl (C=O) groups excluding carboxylic acids is 1. The Balaban J connectivity index is 1.58. The van der Waals surface area contributed by atoms with Crippen molar-refractivity contribution in [2.45, 2.75) is 50.7 Å². The second-order valence-electron chi connectivity index (χ2n) is 6.96. The van der Waals surface area contributed by atoms with Gasteiger partial charge in [0, 0.05) is 18.7 Å². The number of carbonyl (C=O) groups is 1. The number of benzene rings is 1. The van der Waals surface area contributed by atoms with E-state index in [2.05, 4.69) is 41.5 Å². The SMILES string of the molecule is Cc1ccc(-c2nnc(SCC(=O)N[C@H]3CCCC[C@@H]3C)n2C)cc1. The number of nitrogens with one attached hydrogen (secondary N) is 1. The van der Waals surface area contributed by atoms with Crippen molar-refractivity contribution >= 4 is 17.7 Å². The van der Waals surface area contributed by atoms with Gasteiger partial charge in [-0.3, -0.25) is 4.79 Å². The molecular formula is C19H26N4OS. The normalized spacial score (nSPS) is 20.4. The van der Waals surface area contributed by atoms with Gasteiger partial charge in [0.2, 0.25) is 5.91 Å². The minimum atomic E-state index is 0.0867. The maximum Gasteiger partial charge on any atom is 0.230 e. The summed E-state index contributed by atoms with van der Waals surface area (Å²) in [5.41, 5.74) is 2.25. The van der Waals surface area contributed by atoms with Gasteiger partial charge in [0.15, 0.2) is 11.0 Å². The number of aromatic nitrogens is 3. The van der Waals surface area contributed by atoms with E-state index in [4.69, 9.17) is 0 Å². The predicted molar refractivity (Wildman–Crippen MR) is 101 cm³/mol. The van der Waals surface area contributed by atoms with Gasteiger partial charge in [0.1, 0.15) is 0 Å². The van der Waals surface area contributed by atoms with Crippen LogP contribution in [0.2, 0.25) is 0 Å². The second-order valence-corrected chi connectivity index (χ2v) is 7.90. The highest BCUT2D eigenvalue weighted by molar-refractivity contribution is 7.99. The summed E-state index contributed by atoms with van der Waals surface area (Å²) in [5, 5.41) is 12.5. The Morgan fingerprint density at radius 2 is 1.96 bits per heavy atom. The van der Waals surface area contributed by atoms with Crippen LogP contribution in [0.5, 0.6) is 0 Å². The lowest BCUT2D eigenvalue weighted by Crippen LogP contribution is -2.41. The predicted octanol–water partition coefficient (Wildman–Crippen LogP) is 3.58. The maximum atomic E-state index is 12.3. The lowest BCUT2D eigenvalue weighted by Gasteiger charge is -2.29. The largest absolute Gasteiger partial charge is 0.352 e. The first kappa shape index (κ1) is 18.0. The highest BCUT2D eigenvalue weighted by Gasteiger charge is 2.23. The maximum absolute atomic E-state index is 12.3. The summed E-state index contributed by atoms with van der Waals surface area (Å²) in [4.78, 5) is 12.3. The van der Waals surface area contributed by atoms with E-state index in [1.807, 2.05) is 23.7 Å². The summed E-state index contributed by atoms with van der Waals surface area (Å²) in [7, 11) is 1.94. The Morgan fingerprint density at radius 1 is 1.24 bits per heavy atom. The molecule has 3 rings (SSSR count).